The number of halogens is 4. The average Bonchev–Trinajstić information content (AvgIpc) is 3.35. The highest BCUT2D eigenvalue weighted by Crippen LogP contribution is 2.29. The second-order valence-corrected chi connectivity index (χ2v) is 10.8. The van der Waals surface area contributed by atoms with Gasteiger partial charge < -0.3 is 9.15 Å². The fraction of sp³-hybridized carbons (Fsp3) is 0.409. The Labute approximate surface area is 215 Å². The summed E-state index contributed by atoms with van der Waals surface area (Å²) >= 11 is 5.97. The van der Waals surface area contributed by atoms with Gasteiger partial charge in [0.05, 0.1) is 47.8 Å². The Hall–Kier alpha value is -2.78. The van der Waals surface area contributed by atoms with Crippen molar-refractivity contribution in [3.05, 3.63) is 59.0 Å². The lowest BCUT2D eigenvalue weighted by Crippen LogP contribution is -2.59. The smallest absolute Gasteiger partial charge is 0.314 e. The van der Waals surface area contributed by atoms with Gasteiger partial charge in [-0.05, 0) is 30.3 Å². The summed E-state index contributed by atoms with van der Waals surface area (Å²) in [7, 11) is -4.05. The first-order valence-corrected chi connectivity index (χ1v) is 13.1. The molecule has 0 aliphatic carbocycles. The fourth-order valence-electron chi connectivity index (χ4n) is 4.05. The van der Waals surface area contributed by atoms with Crippen molar-refractivity contribution in [3.63, 3.8) is 0 Å². The number of alkyl halides is 2. The van der Waals surface area contributed by atoms with Gasteiger partial charge >= 0.3 is 16.6 Å². The van der Waals surface area contributed by atoms with E-state index in [0.717, 1.165) is 10.4 Å². The van der Waals surface area contributed by atoms with Crippen LogP contribution in [0.25, 0.3) is 11.5 Å². The van der Waals surface area contributed by atoms with Crippen LogP contribution in [0.1, 0.15) is 18.0 Å². The molecule has 0 amide bonds. The molecule has 2 saturated heterocycles. The average molecular weight is 559 g/mol. The lowest BCUT2D eigenvalue weighted by molar-refractivity contribution is -0.0721. The first-order valence-electron chi connectivity index (χ1n) is 11.3. The van der Waals surface area contributed by atoms with E-state index < -0.39 is 28.3 Å². The van der Waals surface area contributed by atoms with Crippen molar-refractivity contribution in [2.75, 3.05) is 43.7 Å². The van der Waals surface area contributed by atoms with Gasteiger partial charge in [-0.3, -0.25) is 14.2 Å². The molecule has 0 radical (unpaired) electrons. The maximum absolute atomic E-state index is 13.8. The van der Waals surface area contributed by atoms with Crippen LogP contribution in [0.4, 0.5) is 18.9 Å². The molecule has 0 spiro atoms. The predicted octanol–water partition coefficient (Wildman–Crippen LogP) is 3.13. The molecule has 2 fully saturated rings. The number of ether oxygens (including phenoxy) is 1. The summed E-state index contributed by atoms with van der Waals surface area (Å²) < 4.78 is 79.5. The molecule has 0 bridgehead atoms. The topological polar surface area (TPSA) is 105 Å². The molecule has 1 aromatic carbocycles. The van der Waals surface area contributed by atoms with E-state index >= 15 is 0 Å². The van der Waals surface area contributed by atoms with Gasteiger partial charge in [0.15, 0.2) is 0 Å². The number of hydrogen-bond acceptors (Lipinski definition) is 8. The molecule has 2 aliphatic heterocycles. The number of rotatable bonds is 8. The molecule has 0 N–H and O–H groups in total. The summed E-state index contributed by atoms with van der Waals surface area (Å²) in [5.41, 5.74) is 0.802. The van der Waals surface area contributed by atoms with Gasteiger partial charge in [0, 0.05) is 32.4 Å². The summed E-state index contributed by atoms with van der Waals surface area (Å²) in [6.45, 7) is 2.77. The van der Waals surface area contributed by atoms with Crippen LogP contribution < -0.4 is 4.31 Å². The summed E-state index contributed by atoms with van der Waals surface area (Å²) in [6.07, 6.45) is -1.58. The lowest BCUT2D eigenvalue weighted by Gasteiger charge is -2.43. The molecule has 10 nitrogen and oxygen atoms in total. The van der Waals surface area contributed by atoms with Crippen molar-refractivity contribution in [2.24, 2.45) is 0 Å². The Bertz CT molecular complexity index is 1350. The minimum absolute atomic E-state index is 0.140. The highest BCUT2D eigenvalue weighted by atomic mass is 35.5. The Morgan fingerprint density at radius 1 is 1.11 bits per heavy atom. The van der Waals surface area contributed by atoms with E-state index in [9.17, 15) is 21.6 Å². The van der Waals surface area contributed by atoms with Crippen molar-refractivity contribution in [1.82, 2.24) is 24.4 Å². The zero-order chi connectivity index (χ0) is 26.2. The number of aromatic nitrogens is 3. The van der Waals surface area contributed by atoms with Gasteiger partial charge in [-0.15, -0.1) is 10.2 Å². The largest absolute Gasteiger partial charge is 0.415 e. The number of anilines is 1. The Kier molecular flexibility index (Phi) is 7.36. The Balaban J connectivity index is 1.38. The SMILES string of the molecule is O=S(=O)(N1CCN(C2COC2)CC1)N(Cc1ccc(-c2nnc(C(F)F)o2)cn1)c1ccc(F)c(Cl)c1. The maximum atomic E-state index is 13.8. The highest BCUT2D eigenvalue weighted by molar-refractivity contribution is 7.90. The number of hydrogen-bond donors (Lipinski definition) is 0. The zero-order valence-electron chi connectivity index (χ0n) is 19.3. The number of piperazine rings is 1. The maximum Gasteiger partial charge on any atom is 0.314 e. The highest BCUT2D eigenvalue weighted by Gasteiger charge is 2.36. The van der Waals surface area contributed by atoms with Gasteiger partial charge in [-0.2, -0.15) is 21.5 Å². The predicted molar refractivity (Wildman–Crippen MR) is 127 cm³/mol. The van der Waals surface area contributed by atoms with Crippen LogP contribution in [0.3, 0.4) is 0 Å². The molecule has 3 aromatic rings. The van der Waals surface area contributed by atoms with Crippen molar-refractivity contribution < 1.29 is 30.7 Å². The minimum atomic E-state index is -4.05. The lowest BCUT2D eigenvalue weighted by atomic mass is 10.2. The second-order valence-electron chi connectivity index (χ2n) is 8.52. The standard InChI is InChI=1S/C22H22ClF3N6O4S/c23-18-9-16(3-4-19(18)24)32(37(33,34)31-7-5-30(6-8-31)17-12-35-13-17)11-15-2-1-14(10-27-15)21-28-29-22(36-21)20(25)26/h1-4,9-10,17,20H,5-8,11-13H2. The van der Waals surface area contributed by atoms with Crippen molar-refractivity contribution in [3.8, 4) is 11.5 Å². The van der Waals surface area contributed by atoms with Crippen molar-refractivity contribution in [2.45, 2.75) is 19.0 Å². The van der Waals surface area contributed by atoms with Crippen LogP contribution in [0.15, 0.2) is 40.9 Å². The molecule has 0 unspecified atom stereocenters. The zero-order valence-corrected chi connectivity index (χ0v) is 20.9. The minimum Gasteiger partial charge on any atom is -0.415 e. The second kappa shape index (κ2) is 10.5. The van der Waals surface area contributed by atoms with Crippen LogP contribution in [0, 0.1) is 5.82 Å². The molecule has 37 heavy (non-hydrogen) atoms. The van der Waals surface area contributed by atoms with E-state index in [1.54, 1.807) is 0 Å². The molecular formula is C22H22ClF3N6O4S. The first-order chi connectivity index (χ1) is 17.7. The van der Waals surface area contributed by atoms with Gasteiger partial charge in [-0.1, -0.05) is 11.6 Å². The van der Waals surface area contributed by atoms with Gasteiger partial charge in [-0.25, -0.2) is 4.39 Å². The molecular weight excluding hydrogens is 537 g/mol. The summed E-state index contributed by atoms with van der Waals surface area (Å²) in [4.78, 5) is 6.46. The number of nitrogens with zero attached hydrogens (tertiary/aromatic N) is 6. The van der Waals surface area contributed by atoms with E-state index in [0.29, 0.717) is 43.6 Å². The van der Waals surface area contributed by atoms with Crippen LogP contribution >= 0.6 is 11.6 Å². The van der Waals surface area contributed by atoms with E-state index in [1.165, 1.54) is 34.8 Å². The summed E-state index contributed by atoms with van der Waals surface area (Å²) in [5, 5.41) is 6.65. The van der Waals surface area contributed by atoms with Gasteiger partial charge in [0.25, 0.3) is 5.89 Å². The monoisotopic (exact) mass is 558 g/mol. The summed E-state index contributed by atoms with van der Waals surface area (Å²) in [6, 6.07) is 7.00. The Morgan fingerprint density at radius 3 is 2.43 bits per heavy atom. The Morgan fingerprint density at radius 2 is 1.86 bits per heavy atom. The van der Waals surface area contributed by atoms with E-state index in [1.807, 2.05) is 0 Å². The number of pyridine rings is 1. The summed E-state index contributed by atoms with van der Waals surface area (Å²) in [5.74, 6) is -1.63. The number of benzene rings is 1. The molecule has 0 atom stereocenters. The third-order valence-electron chi connectivity index (χ3n) is 6.21. The molecule has 15 heteroatoms. The third kappa shape index (κ3) is 5.43. The van der Waals surface area contributed by atoms with Crippen LogP contribution in [-0.4, -0.2) is 78.2 Å². The molecule has 4 heterocycles. The quantitative estimate of drug-likeness (QED) is 0.415. The third-order valence-corrected chi connectivity index (χ3v) is 8.41. The van der Waals surface area contributed by atoms with E-state index in [2.05, 4.69) is 20.1 Å². The van der Waals surface area contributed by atoms with Crippen LogP contribution in [-0.2, 0) is 21.5 Å². The van der Waals surface area contributed by atoms with Crippen LogP contribution in [0.2, 0.25) is 5.02 Å². The van der Waals surface area contributed by atoms with Gasteiger partial charge in [0.1, 0.15) is 5.82 Å². The van der Waals surface area contributed by atoms with E-state index in [4.69, 9.17) is 20.8 Å². The molecule has 198 valence electrons. The molecule has 2 aromatic heterocycles. The normalized spacial score (nSPS) is 17.8. The van der Waals surface area contributed by atoms with Crippen molar-refractivity contribution >= 4 is 27.5 Å². The van der Waals surface area contributed by atoms with Gasteiger partial charge in [0.2, 0.25) is 5.89 Å². The van der Waals surface area contributed by atoms with E-state index in [-0.39, 0.29) is 36.2 Å². The molecule has 0 saturated carbocycles. The van der Waals surface area contributed by atoms with Crippen molar-refractivity contribution in [1.29, 1.82) is 0 Å². The van der Waals surface area contributed by atoms with Crippen LogP contribution in [0.5, 0.6) is 0 Å². The fourth-order valence-corrected chi connectivity index (χ4v) is 5.80. The molecule has 2 aliphatic rings. The molecule has 5 rings (SSSR count). The first kappa shape index (κ1) is 25.9.